The van der Waals surface area contributed by atoms with E-state index >= 15 is 0 Å². The highest BCUT2D eigenvalue weighted by Gasteiger charge is 2.29. The third-order valence-corrected chi connectivity index (χ3v) is 10.4. The van der Waals surface area contributed by atoms with Gasteiger partial charge in [-0.05, 0) is 93.4 Å². The second-order valence-corrected chi connectivity index (χ2v) is 14.7. The van der Waals surface area contributed by atoms with Crippen molar-refractivity contribution in [2.45, 2.75) is 37.0 Å². The van der Waals surface area contributed by atoms with Crippen molar-refractivity contribution in [1.29, 1.82) is 0 Å². The average Bonchev–Trinajstić information content (AvgIpc) is 3.73. The largest absolute Gasteiger partial charge is 0.464 e. The van der Waals surface area contributed by atoms with Crippen molar-refractivity contribution in [3.05, 3.63) is 126 Å². The van der Waals surface area contributed by atoms with Gasteiger partial charge in [-0.3, -0.25) is 19.0 Å². The van der Waals surface area contributed by atoms with E-state index in [1.165, 1.54) is 31.2 Å². The summed E-state index contributed by atoms with van der Waals surface area (Å²) in [5, 5.41) is 16.6. The fraction of sp³-hybridized carbons (Fsp3) is 0.143. The fourth-order valence-electron chi connectivity index (χ4n) is 5.03. The van der Waals surface area contributed by atoms with Crippen LogP contribution in [-0.2, 0) is 26.6 Å². The number of aromatic amines is 1. The van der Waals surface area contributed by atoms with Crippen molar-refractivity contribution in [2.75, 3.05) is 6.54 Å². The summed E-state index contributed by atoms with van der Waals surface area (Å²) in [7, 11) is -8.23. The van der Waals surface area contributed by atoms with Gasteiger partial charge in [-0.25, -0.2) is 22.5 Å². The molecule has 2 aromatic heterocycles. The van der Waals surface area contributed by atoms with Crippen molar-refractivity contribution in [2.24, 2.45) is 0 Å². The second kappa shape index (κ2) is 14.5. The number of sulfonamides is 1. The summed E-state index contributed by atoms with van der Waals surface area (Å²) in [4.78, 5) is 28.4. The van der Waals surface area contributed by atoms with Crippen LogP contribution in [0.1, 0.15) is 34.0 Å². The topological polar surface area (TPSA) is 193 Å². The van der Waals surface area contributed by atoms with Crippen LogP contribution in [-0.4, -0.2) is 69.0 Å². The Morgan fingerprint density at radius 3 is 1.94 bits per heavy atom. The number of carbonyl (C=O) groups excluding carboxylic acids is 1. The number of nitrogens with zero attached hydrogens (tertiary/aromatic N) is 4. The van der Waals surface area contributed by atoms with E-state index in [0.29, 0.717) is 26.9 Å². The highest BCUT2D eigenvalue weighted by molar-refractivity contribution is 7.89. The zero-order valence-electron chi connectivity index (χ0n) is 27.2. The third-order valence-electron chi connectivity index (χ3n) is 7.74. The van der Waals surface area contributed by atoms with E-state index in [0.717, 1.165) is 27.9 Å². The molecule has 3 N–H and O–H groups in total. The Hall–Kier alpha value is -5.64. The Morgan fingerprint density at radius 2 is 1.42 bits per heavy atom. The summed E-state index contributed by atoms with van der Waals surface area (Å²) < 4.78 is 57.9. The molecule has 0 unspecified atom stereocenters. The van der Waals surface area contributed by atoms with Crippen LogP contribution in [0.2, 0.25) is 0 Å². The lowest BCUT2D eigenvalue weighted by Gasteiger charge is -2.19. The van der Waals surface area contributed by atoms with Crippen LogP contribution in [0.15, 0.2) is 113 Å². The normalized spacial score (nSPS) is 11.5. The van der Waals surface area contributed by atoms with Crippen LogP contribution < -0.4 is 0 Å². The van der Waals surface area contributed by atoms with Crippen LogP contribution in [0.3, 0.4) is 0 Å². The maximum atomic E-state index is 13.0. The number of H-pyrrole nitrogens is 1. The Kier molecular flexibility index (Phi) is 10.3. The molecule has 0 saturated heterocycles. The number of rotatable bonds is 9. The zero-order valence-corrected chi connectivity index (χ0v) is 28.8. The molecule has 0 bridgehead atoms. The summed E-state index contributed by atoms with van der Waals surface area (Å²) in [6.45, 7) is 4.94. The number of fused-ring (bicyclic) bond motifs is 1. The number of carboxylic acid groups (broad SMARTS) is 1. The zero-order chi connectivity index (χ0) is 36.2. The van der Waals surface area contributed by atoms with Crippen LogP contribution in [0.4, 0.5) is 4.79 Å². The van der Waals surface area contributed by atoms with Crippen molar-refractivity contribution in [1.82, 2.24) is 24.1 Å². The molecular formula is C35H33N5O8S2. The molecule has 50 heavy (non-hydrogen) atoms. The number of nitrogens with one attached hydrogen (secondary N) is 1. The third kappa shape index (κ3) is 7.97. The van der Waals surface area contributed by atoms with Crippen LogP contribution in [0, 0.1) is 13.8 Å². The lowest BCUT2D eigenvalue weighted by molar-refractivity contribution is 0.101. The molecule has 0 radical (unpaired) electrons. The van der Waals surface area contributed by atoms with E-state index in [1.807, 2.05) is 48.7 Å². The van der Waals surface area contributed by atoms with Crippen molar-refractivity contribution in [3.63, 3.8) is 0 Å². The Morgan fingerprint density at radius 1 is 0.820 bits per heavy atom. The van der Waals surface area contributed by atoms with Gasteiger partial charge >= 0.3 is 6.09 Å². The van der Waals surface area contributed by atoms with E-state index in [9.17, 15) is 31.5 Å². The number of benzene rings is 4. The highest BCUT2D eigenvalue weighted by atomic mass is 32.2. The van der Waals surface area contributed by atoms with Gasteiger partial charge in [0, 0.05) is 24.0 Å². The van der Waals surface area contributed by atoms with E-state index in [4.69, 9.17) is 9.54 Å². The first-order valence-corrected chi connectivity index (χ1v) is 18.0. The minimum atomic E-state index is -4.21. The number of ketones is 1. The SMILES string of the molecule is CC(=O)c1ccc2c(c1)nc(-c1ccn[nH]1)n2-c1ccc(CCN(C(=O)O)S(=O)(=O)c2ccc(C)cc2)cc1.Cc1ccc(S(=O)(=O)O)cc1. The smallest absolute Gasteiger partial charge is 0.421 e. The van der Waals surface area contributed by atoms with Crippen LogP contribution in [0.25, 0.3) is 28.2 Å². The van der Waals surface area contributed by atoms with E-state index in [-0.39, 0.29) is 28.5 Å². The molecule has 0 fully saturated rings. The number of imidazole rings is 1. The van der Waals surface area contributed by atoms with Crippen LogP contribution in [0.5, 0.6) is 0 Å². The fourth-order valence-corrected chi connectivity index (χ4v) is 6.78. The van der Waals surface area contributed by atoms with Gasteiger partial charge in [0.05, 0.1) is 20.8 Å². The van der Waals surface area contributed by atoms with Gasteiger partial charge in [0.25, 0.3) is 20.1 Å². The molecule has 1 amide bonds. The quantitative estimate of drug-likeness (QED) is 0.117. The number of amides is 1. The standard InChI is InChI=1S/C28H25N5O5S.C7H8O3S/c1-18-3-10-23(11-4-18)39(37,38)32(28(35)36)16-14-20-5-8-22(9-6-20)33-26-12-7-21(19(2)34)17-25(26)30-27(33)24-13-15-29-31-24;1-6-2-4-7(5-3-6)11(8,9)10/h3-13,15,17H,14,16H2,1-2H3,(H,29,31)(H,35,36);2-5H,1H3,(H,8,9,10). The van der Waals surface area contributed by atoms with Crippen molar-refractivity contribution >= 4 is 43.1 Å². The van der Waals surface area contributed by atoms with Gasteiger partial charge in [0.1, 0.15) is 5.69 Å². The van der Waals surface area contributed by atoms with Gasteiger partial charge in [-0.2, -0.15) is 13.5 Å². The summed E-state index contributed by atoms with van der Waals surface area (Å²) in [6, 6.07) is 26.5. The highest BCUT2D eigenvalue weighted by Crippen LogP contribution is 2.29. The van der Waals surface area contributed by atoms with Crippen molar-refractivity contribution < 1.29 is 36.1 Å². The molecule has 6 aromatic rings. The number of aryl methyl sites for hydroxylation is 2. The molecule has 0 aliphatic carbocycles. The summed E-state index contributed by atoms with van der Waals surface area (Å²) >= 11 is 0. The summed E-state index contributed by atoms with van der Waals surface area (Å²) in [5.74, 6) is 0.552. The maximum Gasteiger partial charge on any atom is 0.421 e. The maximum absolute atomic E-state index is 13.0. The number of hydrogen-bond donors (Lipinski definition) is 3. The van der Waals surface area contributed by atoms with Gasteiger partial charge in [-0.1, -0.05) is 47.5 Å². The molecular weight excluding hydrogens is 683 g/mol. The van der Waals surface area contributed by atoms with Gasteiger partial charge < -0.3 is 5.11 Å². The monoisotopic (exact) mass is 715 g/mol. The van der Waals surface area contributed by atoms with Crippen LogP contribution >= 0.6 is 0 Å². The predicted octanol–water partition coefficient (Wildman–Crippen LogP) is 6.08. The molecule has 258 valence electrons. The number of carbonyl (C=O) groups is 2. The molecule has 0 spiro atoms. The van der Waals surface area contributed by atoms with E-state index in [2.05, 4.69) is 10.2 Å². The van der Waals surface area contributed by atoms with E-state index in [1.54, 1.807) is 48.7 Å². The first kappa shape index (κ1) is 35.7. The molecule has 0 atom stereocenters. The van der Waals surface area contributed by atoms with E-state index < -0.39 is 26.2 Å². The lowest BCUT2D eigenvalue weighted by atomic mass is 10.1. The molecule has 0 aliphatic rings. The number of aromatic nitrogens is 4. The van der Waals surface area contributed by atoms with Gasteiger partial charge in [0.2, 0.25) is 0 Å². The Bertz CT molecular complexity index is 2370. The molecule has 6 rings (SSSR count). The van der Waals surface area contributed by atoms with Crippen molar-refractivity contribution in [3.8, 4) is 17.2 Å². The summed E-state index contributed by atoms with van der Waals surface area (Å²) in [6.07, 6.45) is 0.283. The molecule has 13 nitrogen and oxygen atoms in total. The second-order valence-electron chi connectivity index (χ2n) is 11.4. The first-order valence-electron chi connectivity index (χ1n) is 15.1. The predicted molar refractivity (Wildman–Crippen MR) is 186 cm³/mol. The molecule has 2 heterocycles. The Balaban J connectivity index is 0.000000377. The lowest BCUT2D eigenvalue weighted by Crippen LogP contribution is -2.37. The molecule has 0 aliphatic heterocycles. The Labute approximate surface area is 288 Å². The number of hydrogen-bond acceptors (Lipinski definition) is 8. The minimum absolute atomic E-state index is 0.0568. The average molecular weight is 716 g/mol. The molecule has 4 aromatic carbocycles. The van der Waals surface area contributed by atoms with Gasteiger partial charge in [0.15, 0.2) is 11.6 Å². The minimum Gasteiger partial charge on any atom is -0.464 e. The molecule has 0 saturated carbocycles. The van der Waals surface area contributed by atoms with Gasteiger partial charge in [-0.15, -0.1) is 0 Å². The first-order chi connectivity index (χ1) is 23.6. The molecule has 15 heteroatoms. The summed E-state index contributed by atoms with van der Waals surface area (Å²) in [5.41, 5.74) is 6.06. The number of Topliss-reactive ketones (excluding diaryl/α,β-unsaturated/α-hetero) is 1.